The zero-order valence-corrected chi connectivity index (χ0v) is 17.9. The van der Waals surface area contributed by atoms with Crippen LogP contribution in [0, 0.1) is 0 Å². The van der Waals surface area contributed by atoms with Crippen LogP contribution in [0.4, 0.5) is 5.69 Å². The Morgan fingerprint density at radius 3 is 2.70 bits per heavy atom. The number of hydrogen-bond acceptors (Lipinski definition) is 5. The van der Waals surface area contributed by atoms with Crippen LogP contribution in [0.15, 0.2) is 18.2 Å². The van der Waals surface area contributed by atoms with E-state index in [1.54, 1.807) is 0 Å². The summed E-state index contributed by atoms with van der Waals surface area (Å²) in [5.41, 5.74) is 1.65. The van der Waals surface area contributed by atoms with Gasteiger partial charge in [0.2, 0.25) is 11.8 Å². The van der Waals surface area contributed by atoms with E-state index in [-0.39, 0.29) is 37.0 Å². The monoisotopic (exact) mass is 419 g/mol. The molecule has 0 aliphatic carbocycles. The molecule has 0 aromatic heterocycles. The minimum atomic E-state index is -1.01. The Hall–Kier alpha value is -2.61. The number of nitrogens with one attached hydrogen (secondary N) is 2. The first-order chi connectivity index (χ1) is 14.4. The first-order valence-corrected chi connectivity index (χ1v) is 10.7. The van der Waals surface area contributed by atoms with E-state index < -0.39 is 5.97 Å². The van der Waals surface area contributed by atoms with Crippen molar-refractivity contribution >= 4 is 23.5 Å². The molecule has 0 saturated carbocycles. The number of hydrogen-bond donors (Lipinski definition) is 3. The highest BCUT2D eigenvalue weighted by molar-refractivity contribution is 5.95. The third-order valence-corrected chi connectivity index (χ3v) is 5.31. The van der Waals surface area contributed by atoms with E-state index in [1.165, 1.54) is 0 Å². The third kappa shape index (κ3) is 7.67. The van der Waals surface area contributed by atoms with Crippen molar-refractivity contribution in [3.05, 3.63) is 23.8 Å². The third-order valence-electron chi connectivity index (χ3n) is 5.31. The molecule has 1 aliphatic heterocycles. The first kappa shape index (κ1) is 23.7. The zero-order chi connectivity index (χ0) is 21.9. The maximum absolute atomic E-state index is 12.1. The number of carbonyl (C=O) groups is 3. The van der Waals surface area contributed by atoms with Crippen molar-refractivity contribution < 1.29 is 24.2 Å². The summed E-state index contributed by atoms with van der Waals surface area (Å²) in [6, 6.07) is 5.64. The van der Waals surface area contributed by atoms with E-state index in [0.29, 0.717) is 24.6 Å². The van der Waals surface area contributed by atoms with E-state index in [4.69, 9.17) is 9.84 Å². The molecule has 2 rings (SSSR count). The molecule has 1 aromatic rings. The number of carboxylic acid groups (broad SMARTS) is 1. The summed E-state index contributed by atoms with van der Waals surface area (Å²) in [6.07, 6.45) is 2.04. The zero-order valence-electron chi connectivity index (χ0n) is 17.9. The maximum Gasteiger partial charge on any atom is 0.303 e. The normalized spacial score (nSPS) is 15.4. The minimum Gasteiger partial charge on any atom is -0.494 e. The second-order valence-corrected chi connectivity index (χ2v) is 7.48. The van der Waals surface area contributed by atoms with Gasteiger partial charge in [0.15, 0.2) is 0 Å². The largest absolute Gasteiger partial charge is 0.494 e. The van der Waals surface area contributed by atoms with E-state index in [0.717, 1.165) is 38.0 Å². The van der Waals surface area contributed by atoms with Gasteiger partial charge >= 0.3 is 5.97 Å². The van der Waals surface area contributed by atoms with Crippen LogP contribution >= 0.6 is 0 Å². The second-order valence-electron chi connectivity index (χ2n) is 7.48. The Morgan fingerprint density at radius 1 is 1.23 bits per heavy atom. The lowest BCUT2D eigenvalue weighted by molar-refractivity contribution is -0.138. The molecule has 0 radical (unpaired) electrons. The van der Waals surface area contributed by atoms with E-state index in [2.05, 4.69) is 29.4 Å². The first-order valence-electron chi connectivity index (χ1n) is 10.7. The van der Waals surface area contributed by atoms with Crippen LogP contribution in [0.25, 0.3) is 0 Å². The molecule has 1 atom stereocenters. The van der Waals surface area contributed by atoms with Gasteiger partial charge in [-0.1, -0.05) is 19.9 Å². The van der Waals surface area contributed by atoms with Gasteiger partial charge in [0.05, 0.1) is 13.0 Å². The number of ether oxygens (including phenoxy) is 1. The van der Waals surface area contributed by atoms with Crippen molar-refractivity contribution in [1.82, 2.24) is 10.2 Å². The molecule has 1 unspecified atom stereocenters. The SMILES string of the molecule is CCN(CC)CCCCOc1ccc2c(c1)NC(=O)CC2CNC(=O)CCC(=O)O. The van der Waals surface area contributed by atoms with Crippen molar-refractivity contribution in [2.24, 2.45) is 0 Å². The maximum atomic E-state index is 12.1. The Kier molecular flexibility index (Phi) is 9.60. The molecule has 30 heavy (non-hydrogen) atoms. The van der Waals surface area contributed by atoms with Crippen molar-refractivity contribution in [2.45, 2.75) is 51.9 Å². The number of fused-ring (bicyclic) bond motifs is 1. The van der Waals surface area contributed by atoms with Gasteiger partial charge in [0, 0.05) is 37.1 Å². The molecule has 8 nitrogen and oxygen atoms in total. The van der Waals surface area contributed by atoms with Crippen LogP contribution in [0.2, 0.25) is 0 Å². The number of carbonyl (C=O) groups excluding carboxylic acids is 2. The Bertz CT molecular complexity index is 733. The van der Waals surface area contributed by atoms with Gasteiger partial charge in [0.1, 0.15) is 5.75 Å². The van der Waals surface area contributed by atoms with E-state index >= 15 is 0 Å². The molecular formula is C22H33N3O5. The number of amides is 2. The molecule has 3 N–H and O–H groups in total. The molecule has 0 saturated heterocycles. The topological polar surface area (TPSA) is 108 Å². The highest BCUT2D eigenvalue weighted by atomic mass is 16.5. The number of rotatable bonds is 13. The fraction of sp³-hybridized carbons (Fsp3) is 0.591. The number of nitrogens with zero attached hydrogens (tertiary/aromatic N) is 1. The quantitative estimate of drug-likeness (QED) is 0.424. The van der Waals surface area contributed by atoms with E-state index in [1.807, 2.05) is 18.2 Å². The molecule has 1 aliphatic rings. The van der Waals surface area contributed by atoms with Crippen LogP contribution in [-0.4, -0.2) is 60.6 Å². The molecule has 2 amide bonds. The van der Waals surface area contributed by atoms with Crippen molar-refractivity contribution in [3.8, 4) is 5.75 Å². The Labute approximate surface area is 178 Å². The van der Waals surface area contributed by atoms with Crippen LogP contribution in [0.5, 0.6) is 5.75 Å². The molecule has 0 spiro atoms. The summed E-state index contributed by atoms with van der Waals surface area (Å²) in [7, 11) is 0. The number of anilines is 1. The lowest BCUT2D eigenvalue weighted by Crippen LogP contribution is -2.33. The van der Waals surface area contributed by atoms with Crippen molar-refractivity contribution in [2.75, 3.05) is 38.1 Å². The fourth-order valence-corrected chi connectivity index (χ4v) is 3.52. The predicted octanol–water partition coefficient (Wildman–Crippen LogP) is 2.59. The summed E-state index contributed by atoms with van der Waals surface area (Å²) >= 11 is 0. The van der Waals surface area contributed by atoms with Gasteiger partial charge in [0.25, 0.3) is 0 Å². The molecule has 8 heteroatoms. The summed E-state index contributed by atoms with van der Waals surface area (Å²) in [4.78, 5) is 36.8. The highest BCUT2D eigenvalue weighted by Gasteiger charge is 2.26. The summed E-state index contributed by atoms with van der Waals surface area (Å²) < 4.78 is 5.85. The van der Waals surface area contributed by atoms with Crippen molar-refractivity contribution in [3.63, 3.8) is 0 Å². The van der Waals surface area contributed by atoms with Gasteiger partial charge < -0.3 is 25.4 Å². The average molecular weight is 420 g/mol. The van der Waals surface area contributed by atoms with Crippen LogP contribution in [0.3, 0.4) is 0 Å². The number of carboxylic acids is 1. The average Bonchev–Trinajstić information content (AvgIpc) is 2.72. The molecule has 0 bridgehead atoms. The van der Waals surface area contributed by atoms with Gasteiger partial charge in [-0.25, -0.2) is 0 Å². The number of aliphatic carboxylic acids is 1. The lowest BCUT2D eigenvalue weighted by atomic mass is 9.90. The predicted molar refractivity (Wildman–Crippen MR) is 115 cm³/mol. The highest BCUT2D eigenvalue weighted by Crippen LogP contribution is 2.34. The number of unbranched alkanes of at least 4 members (excludes halogenated alkanes) is 1. The molecule has 1 aromatic carbocycles. The lowest BCUT2D eigenvalue weighted by Gasteiger charge is -2.26. The standard InChI is InChI=1S/C22H33N3O5/c1-3-25(4-2)11-5-6-12-30-17-7-8-18-16(13-21(27)24-19(18)14-17)15-23-20(26)9-10-22(28)29/h7-8,14,16H,3-6,9-13,15H2,1-2H3,(H,23,26)(H,24,27)(H,28,29). The van der Waals surface area contributed by atoms with Gasteiger partial charge in [-0.3, -0.25) is 14.4 Å². The molecule has 1 heterocycles. The Morgan fingerprint density at radius 2 is 2.00 bits per heavy atom. The van der Waals surface area contributed by atoms with Gasteiger partial charge in [-0.05, 0) is 44.1 Å². The molecular weight excluding hydrogens is 386 g/mol. The van der Waals surface area contributed by atoms with Crippen LogP contribution < -0.4 is 15.4 Å². The van der Waals surface area contributed by atoms with Crippen LogP contribution in [-0.2, 0) is 14.4 Å². The smallest absolute Gasteiger partial charge is 0.303 e. The Balaban J connectivity index is 1.86. The van der Waals surface area contributed by atoms with Gasteiger partial charge in [-0.15, -0.1) is 0 Å². The molecule has 0 fully saturated rings. The van der Waals surface area contributed by atoms with E-state index in [9.17, 15) is 14.4 Å². The number of benzene rings is 1. The summed E-state index contributed by atoms with van der Waals surface area (Å²) in [6.45, 7) is 8.43. The summed E-state index contributed by atoms with van der Waals surface area (Å²) in [5, 5.41) is 14.3. The van der Waals surface area contributed by atoms with Gasteiger partial charge in [-0.2, -0.15) is 0 Å². The minimum absolute atomic E-state index is 0.0673. The molecule has 166 valence electrons. The second kappa shape index (κ2) is 12.2. The fourth-order valence-electron chi connectivity index (χ4n) is 3.52. The van der Waals surface area contributed by atoms with Crippen LogP contribution in [0.1, 0.15) is 57.4 Å². The summed E-state index contributed by atoms with van der Waals surface area (Å²) in [5.74, 6) is -0.875. The van der Waals surface area contributed by atoms with Crippen molar-refractivity contribution in [1.29, 1.82) is 0 Å².